The zero-order chi connectivity index (χ0) is 13.9. The highest BCUT2D eigenvalue weighted by atomic mass is 16.5. The van der Waals surface area contributed by atoms with Crippen molar-refractivity contribution in [1.82, 2.24) is 9.80 Å². The normalized spacial score (nSPS) is 25.9. The van der Waals surface area contributed by atoms with Crippen LogP contribution in [0.15, 0.2) is 0 Å². The summed E-state index contributed by atoms with van der Waals surface area (Å²) in [4.78, 5) is 16.4. The molecule has 2 heterocycles. The fourth-order valence-electron chi connectivity index (χ4n) is 2.75. The summed E-state index contributed by atoms with van der Waals surface area (Å²) in [5, 5.41) is 9.14. The van der Waals surface area contributed by atoms with Crippen molar-refractivity contribution in [1.29, 1.82) is 5.26 Å². The number of hydrogen-bond donors (Lipinski definition) is 0. The third-order valence-electron chi connectivity index (χ3n) is 4.17. The summed E-state index contributed by atoms with van der Waals surface area (Å²) in [5.74, 6) is 0.276. The Kier molecular flexibility index (Phi) is 4.43. The van der Waals surface area contributed by atoms with Crippen molar-refractivity contribution in [2.75, 3.05) is 39.4 Å². The zero-order valence-electron chi connectivity index (χ0n) is 11.9. The van der Waals surface area contributed by atoms with E-state index in [4.69, 9.17) is 10.00 Å². The molecule has 2 rings (SSSR count). The molecule has 0 spiro atoms. The van der Waals surface area contributed by atoms with Crippen molar-refractivity contribution in [3.05, 3.63) is 0 Å². The Bertz CT molecular complexity index is 361. The molecule has 0 bridgehead atoms. The lowest BCUT2D eigenvalue weighted by Crippen LogP contribution is -2.56. The van der Waals surface area contributed by atoms with Crippen LogP contribution in [0.2, 0.25) is 0 Å². The van der Waals surface area contributed by atoms with Gasteiger partial charge in [0.15, 0.2) is 0 Å². The highest BCUT2D eigenvalue weighted by molar-refractivity contribution is 5.79. The summed E-state index contributed by atoms with van der Waals surface area (Å²) in [5.41, 5.74) is -0.441. The third kappa shape index (κ3) is 3.26. The molecule has 0 aromatic rings. The molecule has 1 atom stereocenters. The first-order valence-corrected chi connectivity index (χ1v) is 7.07. The smallest absolute Gasteiger partial charge is 0.228 e. The zero-order valence-corrected chi connectivity index (χ0v) is 11.9. The summed E-state index contributed by atoms with van der Waals surface area (Å²) in [6, 6.07) is 2.32. The van der Waals surface area contributed by atoms with Crippen LogP contribution in [-0.4, -0.2) is 60.6 Å². The van der Waals surface area contributed by atoms with E-state index in [9.17, 15) is 4.79 Å². The number of ether oxygens (including phenoxy) is 1. The predicted molar refractivity (Wildman–Crippen MR) is 71.4 cm³/mol. The maximum atomic E-state index is 12.3. The average molecular weight is 265 g/mol. The monoisotopic (exact) mass is 265 g/mol. The Hall–Kier alpha value is -1.12. The van der Waals surface area contributed by atoms with Gasteiger partial charge < -0.3 is 9.64 Å². The number of piperazine rings is 1. The number of rotatable bonds is 2. The molecule has 19 heavy (non-hydrogen) atoms. The first-order chi connectivity index (χ1) is 9.04. The number of hydrogen-bond acceptors (Lipinski definition) is 4. The molecule has 2 saturated heterocycles. The molecule has 2 aliphatic heterocycles. The summed E-state index contributed by atoms with van der Waals surface area (Å²) in [6.45, 7) is 8.22. The molecule has 5 nitrogen and oxygen atoms in total. The van der Waals surface area contributed by atoms with Crippen LogP contribution in [0.5, 0.6) is 0 Å². The molecule has 0 saturated carbocycles. The Morgan fingerprint density at radius 1 is 1.32 bits per heavy atom. The SMILES string of the molecule is CC(C)(C#N)N1CCN(C(=O)C2CCCOC2)CC1. The molecule has 0 aromatic heterocycles. The fourth-order valence-corrected chi connectivity index (χ4v) is 2.75. The van der Waals surface area contributed by atoms with E-state index in [0.717, 1.165) is 45.6 Å². The highest BCUT2D eigenvalue weighted by Gasteiger charge is 2.33. The largest absolute Gasteiger partial charge is 0.381 e. The van der Waals surface area contributed by atoms with E-state index in [-0.39, 0.29) is 11.8 Å². The van der Waals surface area contributed by atoms with Crippen LogP contribution in [-0.2, 0) is 9.53 Å². The maximum Gasteiger partial charge on any atom is 0.228 e. The topological polar surface area (TPSA) is 56.6 Å². The number of nitrogens with zero attached hydrogens (tertiary/aromatic N) is 3. The molecule has 1 amide bonds. The minimum Gasteiger partial charge on any atom is -0.381 e. The third-order valence-corrected chi connectivity index (χ3v) is 4.17. The second-order valence-electron chi connectivity index (χ2n) is 5.90. The van der Waals surface area contributed by atoms with Crippen LogP contribution in [0.3, 0.4) is 0 Å². The van der Waals surface area contributed by atoms with Gasteiger partial charge in [0, 0.05) is 32.8 Å². The van der Waals surface area contributed by atoms with Gasteiger partial charge in [-0.05, 0) is 26.7 Å². The predicted octanol–water partition coefficient (Wildman–Crippen LogP) is 0.859. The summed E-state index contributed by atoms with van der Waals surface area (Å²) >= 11 is 0. The van der Waals surface area contributed by atoms with Gasteiger partial charge in [0.05, 0.1) is 18.6 Å². The lowest BCUT2D eigenvalue weighted by molar-refractivity contribution is -0.142. The van der Waals surface area contributed by atoms with Gasteiger partial charge in [0.1, 0.15) is 5.54 Å². The first kappa shape index (κ1) is 14.3. The fraction of sp³-hybridized carbons (Fsp3) is 0.857. The molecule has 5 heteroatoms. The Morgan fingerprint density at radius 2 is 2.00 bits per heavy atom. The van der Waals surface area contributed by atoms with Crippen molar-refractivity contribution in [3.63, 3.8) is 0 Å². The number of nitriles is 1. The molecule has 1 unspecified atom stereocenters. The van der Waals surface area contributed by atoms with E-state index in [1.165, 1.54) is 0 Å². The van der Waals surface area contributed by atoms with E-state index < -0.39 is 5.54 Å². The molecule has 0 radical (unpaired) electrons. The minimum atomic E-state index is -0.441. The second kappa shape index (κ2) is 5.89. The van der Waals surface area contributed by atoms with Crippen LogP contribution in [0, 0.1) is 17.2 Å². The summed E-state index contributed by atoms with van der Waals surface area (Å²) in [6.07, 6.45) is 1.93. The van der Waals surface area contributed by atoms with E-state index >= 15 is 0 Å². The van der Waals surface area contributed by atoms with Crippen molar-refractivity contribution in [2.24, 2.45) is 5.92 Å². The van der Waals surface area contributed by atoms with Gasteiger partial charge in [-0.1, -0.05) is 0 Å². The Labute approximate surface area is 115 Å². The summed E-state index contributed by atoms with van der Waals surface area (Å²) in [7, 11) is 0. The Morgan fingerprint density at radius 3 is 2.53 bits per heavy atom. The Balaban J connectivity index is 1.86. The molecule has 2 aliphatic rings. The van der Waals surface area contributed by atoms with E-state index in [1.54, 1.807) is 0 Å². The molecule has 2 fully saturated rings. The van der Waals surface area contributed by atoms with Crippen molar-refractivity contribution in [3.8, 4) is 6.07 Å². The molecular weight excluding hydrogens is 242 g/mol. The minimum absolute atomic E-state index is 0.0456. The van der Waals surface area contributed by atoms with Gasteiger partial charge in [-0.3, -0.25) is 9.69 Å². The standard InChI is InChI=1S/C14H23N3O2/c1-14(2,11-15)17-7-5-16(6-8-17)13(18)12-4-3-9-19-10-12/h12H,3-10H2,1-2H3. The number of amides is 1. The van der Waals surface area contributed by atoms with Crippen molar-refractivity contribution >= 4 is 5.91 Å². The molecule has 0 N–H and O–H groups in total. The highest BCUT2D eigenvalue weighted by Crippen LogP contribution is 2.20. The molecule has 0 aromatic carbocycles. The average Bonchev–Trinajstić information content (AvgIpc) is 2.47. The van der Waals surface area contributed by atoms with Gasteiger partial charge in [0.2, 0.25) is 5.91 Å². The van der Waals surface area contributed by atoms with Crippen molar-refractivity contribution in [2.45, 2.75) is 32.2 Å². The summed E-state index contributed by atoms with van der Waals surface area (Å²) < 4.78 is 5.39. The van der Waals surface area contributed by atoms with Crippen LogP contribution in [0.1, 0.15) is 26.7 Å². The van der Waals surface area contributed by atoms with Crippen LogP contribution in [0.25, 0.3) is 0 Å². The lowest BCUT2D eigenvalue weighted by Gasteiger charge is -2.41. The molecular formula is C14H23N3O2. The van der Waals surface area contributed by atoms with Crippen LogP contribution >= 0.6 is 0 Å². The van der Waals surface area contributed by atoms with E-state index in [2.05, 4.69) is 11.0 Å². The van der Waals surface area contributed by atoms with E-state index in [1.807, 2.05) is 18.7 Å². The van der Waals surface area contributed by atoms with Gasteiger partial charge in [0.25, 0.3) is 0 Å². The van der Waals surface area contributed by atoms with Gasteiger partial charge >= 0.3 is 0 Å². The van der Waals surface area contributed by atoms with Crippen LogP contribution in [0.4, 0.5) is 0 Å². The maximum absolute atomic E-state index is 12.3. The molecule has 106 valence electrons. The van der Waals surface area contributed by atoms with Gasteiger partial charge in [-0.15, -0.1) is 0 Å². The van der Waals surface area contributed by atoms with Crippen molar-refractivity contribution < 1.29 is 9.53 Å². The van der Waals surface area contributed by atoms with Crippen LogP contribution < -0.4 is 0 Å². The lowest BCUT2D eigenvalue weighted by atomic mass is 9.99. The van der Waals surface area contributed by atoms with Gasteiger partial charge in [-0.25, -0.2) is 0 Å². The quantitative estimate of drug-likeness (QED) is 0.743. The number of carbonyl (C=O) groups excluding carboxylic acids is 1. The second-order valence-corrected chi connectivity index (χ2v) is 5.90. The molecule has 0 aliphatic carbocycles. The number of carbonyl (C=O) groups is 1. The van der Waals surface area contributed by atoms with E-state index in [0.29, 0.717) is 6.61 Å². The first-order valence-electron chi connectivity index (χ1n) is 7.07. The van der Waals surface area contributed by atoms with Gasteiger partial charge in [-0.2, -0.15) is 5.26 Å².